The van der Waals surface area contributed by atoms with Crippen molar-refractivity contribution >= 4 is 28.3 Å². The van der Waals surface area contributed by atoms with E-state index in [0.717, 1.165) is 65.0 Å². The molecule has 0 spiro atoms. The summed E-state index contributed by atoms with van der Waals surface area (Å²) in [6, 6.07) is 10.7. The highest BCUT2D eigenvalue weighted by Crippen LogP contribution is 2.39. The highest BCUT2D eigenvalue weighted by atomic mass is 16.2. The minimum Gasteiger partial charge on any atom is -0.399 e. The van der Waals surface area contributed by atoms with Crippen LogP contribution in [0.4, 0.5) is 11.5 Å². The number of hydrogen-bond acceptors (Lipinski definition) is 5. The van der Waals surface area contributed by atoms with E-state index in [-0.39, 0.29) is 17.9 Å². The van der Waals surface area contributed by atoms with Crippen LogP contribution in [0.5, 0.6) is 0 Å². The molecule has 4 rings (SSSR count). The van der Waals surface area contributed by atoms with Crippen molar-refractivity contribution in [3.63, 3.8) is 0 Å². The van der Waals surface area contributed by atoms with E-state index in [9.17, 15) is 4.79 Å². The van der Waals surface area contributed by atoms with Crippen LogP contribution in [-0.4, -0.2) is 34.9 Å². The van der Waals surface area contributed by atoms with Crippen molar-refractivity contribution in [3.8, 4) is 0 Å². The van der Waals surface area contributed by atoms with Gasteiger partial charge in [0.1, 0.15) is 11.6 Å². The molecule has 1 atom stereocenters. The molecule has 1 saturated carbocycles. The van der Waals surface area contributed by atoms with Crippen molar-refractivity contribution in [2.45, 2.75) is 65.3 Å². The highest BCUT2D eigenvalue weighted by molar-refractivity contribution is 5.90. The number of nitrogens with two attached hydrogens (primary N) is 1. The van der Waals surface area contributed by atoms with Crippen LogP contribution < -0.4 is 11.1 Å². The fourth-order valence-electron chi connectivity index (χ4n) is 5.36. The van der Waals surface area contributed by atoms with E-state index in [1.54, 1.807) is 4.90 Å². The Kier molecular flexibility index (Phi) is 6.78. The summed E-state index contributed by atoms with van der Waals surface area (Å²) in [4.78, 5) is 23.6. The fraction of sp³-hybridized carbons (Fsp3) is 0.464. The first-order chi connectivity index (χ1) is 16.1. The summed E-state index contributed by atoms with van der Waals surface area (Å²) in [7, 11) is 3.70. The van der Waals surface area contributed by atoms with Crippen LogP contribution in [0, 0.1) is 26.7 Å². The van der Waals surface area contributed by atoms with Crippen molar-refractivity contribution < 1.29 is 4.79 Å². The molecule has 0 bridgehead atoms. The van der Waals surface area contributed by atoms with Crippen molar-refractivity contribution in [1.29, 1.82) is 0 Å². The van der Waals surface area contributed by atoms with Crippen LogP contribution in [-0.2, 0) is 4.79 Å². The Bertz CT molecular complexity index is 1190. The molecule has 6 heteroatoms. The van der Waals surface area contributed by atoms with Crippen LogP contribution in [0.1, 0.15) is 72.6 Å². The first-order valence-electron chi connectivity index (χ1n) is 12.3. The number of carbonyl (C=O) groups is 1. The third-order valence-corrected chi connectivity index (χ3v) is 7.13. The van der Waals surface area contributed by atoms with Gasteiger partial charge in [-0.1, -0.05) is 6.07 Å². The lowest BCUT2D eigenvalue weighted by atomic mass is 9.77. The molecule has 1 aliphatic carbocycles. The van der Waals surface area contributed by atoms with Crippen LogP contribution in [0.25, 0.3) is 10.9 Å². The number of carbonyl (C=O) groups excluding carboxylic acids is 1. The molecule has 180 valence electrons. The van der Waals surface area contributed by atoms with Gasteiger partial charge in [0, 0.05) is 31.1 Å². The number of hydrogen-bond donors (Lipinski definition) is 2. The first-order valence-corrected chi connectivity index (χ1v) is 12.3. The molecule has 0 radical (unpaired) electrons. The topological polar surface area (TPSA) is 84.1 Å². The summed E-state index contributed by atoms with van der Waals surface area (Å²) < 4.78 is 0. The van der Waals surface area contributed by atoms with Crippen molar-refractivity contribution in [2.75, 3.05) is 25.1 Å². The average Bonchev–Trinajstić information content (AvgIpc) is 2.77. The minimum atomic E-state index is 0.0527. The van der Waals surface area contributed by atoms with Crippen LogP contribution >= 0.6 is 0 Å². The molecule has 34 heavy (non-hydrogen) atoms. The summed E-state index contributed by atoms with van der Waals surface area (Å²) in [5.74, 6) is 2.47. The van der Waals surface area contributed by atoms with Gasteiger partial charge in [0.2, 0.25) is 5.91 Å². The third kappa shape index (κ3) is 5.01. The number of fused-ring (bicyclic) bond motifs is 1. The maximum absolute atomic E-state index is 12.4. The second kappa shape index (κ2) is 9.61. The Morgan fingerprint density at radius 1 is 1.03 bits per heavy atom. The van der Waals surface area contributed by atoms with Gasteiger partial charge in [0.05, 0.1) is 11.6 Å². The van der Waals surface area contributed by atoms with E-state index in [4.69, 9.17) is 15.7 Å². The highest BCUT2D eigenvalue weighted by Gasteiger charge is 2.29. The van der Waals surface area contributed by atoms with E-state index < -0.39 is 0 Å². The molecule has 6 nitrogen and oxygen atoms in total. The average molecular weight is 460 g/mol. The van der Waals surface area contributed by atoms with E-state index in [0.29, 0.717) is 5.92 Å². The lowest BCUT2D eigenvalue weighted by molar-refractivity contribution is -0.134. The third-order valence-electron chi connectivity index (χ3n) is 7.13. The molecule has 1 heterocycles. The van der Waals surface area contributed by atoms with Gasteiger partial charge in [0.15, 0.2) is 0 Å². The number of nitrogens with zero attached hydrogens (tertiary/aromatic N) is 3. The maximum atomic E-state index is 12.4. The zero-order valence-electron chi connectivity index (χ0n) is 21.3. The normalized spacial score (nSPS) is 19.1. The zero-order valence-corrected chi connectivity index (χ0v) is 21.3. The number of nitrogen functional groups attached to an aromatic ring is 1. The Hall–Kier alpha value is -3.15. The molecule has 3 aromatic rings. The maximum Gasteiger partial charge on any atom is 0.225 e. The van der Waals surface area contributed by atoms with Crippen molar-refractivity contribution in [1.82, 2.24) is 14.9 Å². The van der Waals surface area contributed by atoms with Crippen LogP contribution in [0.2, 0.25) is 0 Å². The van der Waals surface area contributed by atoms with Gasteiger partial charge < -0.3 is 16.0 Å². The number of anilines is 2. The van der Waals surface area contributed by atoms with Gasteiger partial charge >= 0.3 is 0 Å². The SMILES string of the molecule is Cc1cc(N)cc([C@@H](C)Nc2nc(C)nc3cc(C)c(C4CCC(C(=O)N(C)C)CC4)cc23)c1. The lowest BCUT2D eigenvalue weighted by Crippen LogP contribution is -2.32. The minimum absolute atomic E-state index is 0.0527. The second-order valence-corrected chi connectivity index (χ2v) is 10.2. The van der Waals surface area contributed by atoms with Crippen molar-refractivity contribution in [2.24, 2.45) is 5.92 Å². The number of aromatic nitrogens is 2. The van der Waals surface area contributed by atoms with Gasteiger partial charge in [0.25, 0.3) is 0 Å². The molecule has 0 saturated heterocycles. The van der Waals surface area contributed by atoms with Gasteiger partial charge in [-0.2, -0.15) is 0 Å². The van der Waals surface area contributed by atoms with Gasteiger partial charge in [-0.3, -0.25) is 4.79 Å². The fourth-order valence-corrected chi connectivity index (χ4v) is 5.36. The number of nitrogens with one attached hydrogen (secondary N) is 1. The monoisotopic (exact) mass is 459 g/mol. The molecule has 1 aliphatic rings. The number of rotatable bonds is 5. The molecule has 1 amide bonds. The molecule has 0 unspecified atom stereocenters. The summed E-state index contributed by atoms with van der Waals surface area (Å²) in [5.41, 5.74) is 12.7. The Morgan fingerprint density at radius 3 is 2.38 bits per heavy atom. The molecule has 2 aromatic carbocycles. The largest absolute Gasteiger partial charge is 0.399 e. The molecule has 3 N–H and O–H groups in total. The Balaban J connectivity index is 1.64. The Morgan fingerprint density at radius 2 is 1.74 bits per heavy atom. The van der Waals surface area contributed by atoms with Crippen LogP contribution in [0.15, 0.2) is 30.3 Å². The summed E-state index contributed by atoms with van der Waals surface area (Å²) in [6.45, 7) is 8.31. The van der Waals surface area contributed by atoms with E-state index in [1.165, 1.54) is 11.1 Å². The second-order valence-electron chi connectivity index (χ2n) is 10.2. The standard InChI is InChI=1S/C28H37N5O/c1-16-11-22(14-23(29)12-16)18(3)30-27-25-15-24(17(2)13-26(25)31-19(4)32-27)20-7-9-21(10-8-20)28(34)33(5)6/h11-15,18,20-21H,7-10,29H2,1-6H3,(H,30,31,32)/t18-,20?,21?/m1/s1. The summed E-state index contributed by atoms with van der Waals surface area (Å²) in [6.07, 6.45) is 3.96. The van der Waals surface area contributed by atoms with Gasteiger partial charge in [-0.05, 0) is 106 Å². The number of amides is 1. The predicted octanol–water partition coefficient (Wildman–Crippen LogP) is 5.67. The van der Waals surface area contributed by atoms with Crippen molar-refractivity contribution in [3.05, 3.63) is 58.4 Å². The molecular formula is C28H37N5O. The number of benzene rings is 2. The molecule has 1 fully saturated rings. The molecular weight excluding hydrogens is 422 g/mol. The first kappa shape index (κ1) is 24.0. The zero-order chi connectivity index (χ0) is 24.6. The summed E-state index contributed by atoms with van der Waals surface area (Å²) in [5, 5.41) is 4.67. The predicted molar refractivity (Wildman–Crippen MR) is 140 cm³/mol. The van der Waals surface area contributed by atoms with Crippen LogP contribution in [0.3, 0.4) is 0 Å². The van der Waals surface area contributed by atoms with E-state index >= 15 is 0 Å². The quantitative estimate of drug-likeness (QED) is 0.480. The van der Waals surface area contributed by atoms with Gasteiger partial charge in [-0.25, -0.2) is 9.97 Å². The number of aryl methyl sites for hydroxylation is 3. The molecule has 0 aliphatic heterocycles. The van der Waals surface area contributed by atoms with Gasteiger partial charge in [-0.15, -0.1) is 0 Å². The Labute approximate surface area is 203 Å². The van der Waals surface area contributed by atoms with E-state index in [1.807, 2.05) is 33.2 Å². The summed E-state index contributed by atoms with van der Waals surface area (Å²) >= 11 is 0. The molecule has 1 aromatic heterocycles. The lowest BCUT2D eigenvalue weighted by Gasteiger charge is -2.30. The van der Waals surface area contributed by atoms with E-state index in [2.05, 4.69) is 44.3 Å². The smallest absolute Gasteiger partial charge is 0.225 e.